The van der Waals surface area contributed by atoms with Gasteiger partial charge in [0.15, 0.2) is 11.0 Å². The summed E-state index contributed by atoms with van der Waals surface area (Å²) in [7, 11) is 1.62. The molecule has 0 aliphatic carbocycles. The normalized spacial score (nSPS) is 10.5. The lowest BCUT2D eigenvalue weighted by Crippen LogP contribution is -2.14. The van der Waals surface area contributed by atoms with Gasteiger partial charge < -0.3 is 14.8 Å². The van der Waals surface area contributed by atoms with Gasteiger partial charge in [0.2, 0.25) is 5.91 Å². The average Bonchev–Trinajstić information content (AvgIpc) is 3.30. The summed E-state index contributed by atoms with van der Waals surface area (Å²) in [5.41, 5.74) is 2.63. The minimum absolute atomic E-state index is 0.139. The van der Waals surface area contributed by atoms with Crippen LogP contribution in [0.5, 0.6) is 11.5 Å². The van der Waals surface area contributed by atoms with Crippen LogP contribution in [0.2, 0.25) is 0 Å². The predicted molar refractivity (Wildman–Crippen MR) is 139 cm³/mol. The van der Waals surface area contributed by atoms with E-state index in [1.54, 1.807) is 13.2 Å². The minimum atomic E-state index is -0.139. The van der Waals surface area contributed by atoms with E-state index in [-0.39, 0.29) is 11.7 Å². The number of para-hydroxylation sites is 1. The molecule has 0 fully saturated rings. The second-order valence-corrected chi connectivity index (χ2v) is 8.48. The zero-order valence-corrected chi connectivity index (χ0v) is 20.2. The monoisotopic (exact) mass is 486 g/mol. The van der Waals surface area contributed by atoms with E-state index >= 15 is 0 Å². The van der Waals surface area contributed by atoms with Crippen molar-refractivity contribution >= 4 is 23.4 Å². The van der Waals surface area contributed by atoms with Crippen LogP contribution in [0.3, 0.4) is 0 Å². The Morgan fingerprint density at radius 1 is 1.03 bits per heavy atom. The first-order valence-corrected chi connectivity index (χ1v) is 12.0. The van der Waals surface area contributed by atoms with E-state index in [1.807, 2.05) is 83.4 Å². The number of carbonyl (C=O) groups excluding carboxylic acids is 1. The molecule has 4 rings (SSSR count). The van der Waals surface area contributed by atoms with E-state index in [9.17, 15) is 4.79 Å². The topological polar surface area (TPSA) is 78.3 Å². The van der Waals surface area contributed by atoms with Gasteiger partial charge in [-0.2, -0.15) is 0 Å². The molecule has 8 heteroatoms. The molecular formula is C27H26N4O3S. The highest BCUT2D eigenvalue weighted by Crippen LogP contribution is 2.31. The smallest absolute Gasteiger partial charge is 0.234 e. The number of ether oxygens (including phenoxy) is 2. The van der Waals surface area contributed by atoms with Crippen molar-refractivity contribution in [3.63, 3.8) is 0 Å². The summed E-state index contributed by atoms with van der Waals surface area (Å²) in [5, 5.41) is 12.2. The highest BCUT2D eigenvalue weighted by atomic mass is 32.2. The standard InChI is InChI=1S/C27H26N4O3S/c1-3-17-31-26(23-11-7-8-12-24(23)33-2)29-30-27(31)35-19-25(32)28-21-13-15-22(16-14-21)34-18-20-9-5-4-6-10-20/h3-16H,1,17-19H2,2H3,(H,28,32). The first kappa shape index (κ1) is 24.1. The van der Waals surface area contributed by atoms with E-state index in [2.05, 4.69) is 22.1 Å². The fraction of sp³-hybridized carbons (Fsp3) is 0.148. The van der Waals surface area contributed by atoms with Crippen molar-refractivity contribution in [1.29, 1.82) is 0 Å². The molecule has 0 bridgehead atoms. The lowest BCUT2D eigenvalue weighted by Gasteiger charge is -2.11. The molecule has 0 saturated heterocycles. The molecule has 0 radical (unpaired) electrons. The number of carbonyl (C=O) groups is 1. The Bertz CT molecular complexity index is 1270. The number of thioether (sulfide) groups is 1. The molecule has 1 aromatic heterocycles. The van der Waals surface area contributed by atoms with E-state index in [0.717, 1.165) is 16.9 Å². The number of allylic oxidation sites excluding steroid dienone is 1. The average molecular weight is 487 g/mol. The van der Waals surface area contributed by atoms with Gasteiger partial charge >= 0.3 is 0 Å². The molecule has 4 aromatic rings. The van der Waals surface area contributed by atoms with Crippen molar-refractivity contribution in [3.8, 4) is 22.9 Å². The third-order valence-electron chi connectivity index (χ3n) is 5.10. The number of aromatic nitrogens is 3. The summed E-state index contributed by atoms with van der Waals surface area (Å²) < 4.78 is 13.2. The molecular weight excluding hydrogens is 460 g/mol. The lowest BCUT2D eigenvalue weighted by atomic mass is 10.2. The largest absolute Gasteiger partial charge is 0.496 e. The molecule has 1 N–H and O–H groups in total. The zero-order chi connectivity index (χ0) is 24.5. The Hall–Kier alpha value is -4.04. The summed E-state index contributed by atoms with van der Waals surface area (Å²) >= 11 is 1.32. The van der Waals surface area contributed by atoms with E-state index in [4.69, 9.17) is 9.47 Å². The first-order chi connectivity index (χ1) is 17.2. The number of nitrogens with zero attached hydrogens (tertiary/aromatic N) is 3. The maximum absolute atomic E-state index is 12.6. The molecule has 7 nitrogen and oxygen atoms in total. The van der Waals surface area contributed by atoms with E-state index in [0.29, 0.717) is 35.6 Å². The van der Waals surface area contributed by atoms with Crippen LogP contribution in [0.4, 0.5) is 5.69 Å². The molecule has 35 heavy (non-hydrogen) atoms. The van der Waals surface area contributed by atoms with Crippen LogP contribution < -0.4 is 14.8 Å². The fourth-order valence-electron chi connectivity index (χ4n) is 3.42. The van der Waals surface area contributed by atoms with Gasteiger partial charge in [0.25, 0.3) is 0 Å². The molecule has 0 aliphatic rings. The van der Waals surface area contributed by atoms with Gasteiger partial charge in [0.05, 0.1) is 18.4 Å². The molecule has 1 heterocycles. The highest BCUT2D eigenvalue weighted by Gasteiger charge is 2.17. The van der Waals surface area contributed by atoms with Gasteiger partial charge in [-0.05, 0) is 42.0 Å². The molecule has 1 amide bonds. The first-order valence-electron chi connectivity index (χ1n) is 11.0. The van der Waals surface area contributed by atoms with Gasteiger partial charge in [-0.15, -0.1) is 16.8 Å². The van der Waals surface area contributed by atoms with Crippen LogP contribution in [0, 0.1) is 0 Å². The van der Waals surface area contributed by atoms with Gasteiger partial charge in [-0.25, -0.2) is 0 Å². The van der Waals surface area contributed by atoms with Gasteiger partial charge in [-0.3, -0.25) is 9.36 Å². The number of rotatable bonds is 11. The quantitative estimate of drug-likeness (QED) is 0.224. The molecule has 0 aliphatic heterocycles. The number of hydrogen-bond donors (Lipinski definition) is 1. The van der Waals surface area contributed by atoms with Crippen molar-refractivity contribution < 1.29 is 14.3 Å². The molecule has 3 aromatic carbocycles. The van der Waals surface area contributed by atoms with Crippen LogP contribution in [-0.4, -0.2) is 33.5 Å². The number of anilines is 1. The number of methoxy groups -OCH3 is 1. The summed E-state index contributed by atoms with van der Waals surface area (Å²) in [6.45, 7) is 4.84. The number of hydrogen-bond acceptors (Lipinski definition) is 6. The molecule has 0 saturated carbocycles. The SMILES string of the molecule is C=CCn1c(SCC(=O)Nc2ccc(OCc3ccccc3)cc2)nnc1-c1ccccc1OC. The van der Waals surface area contributed by atoms with Crippen molar-refractivity contribution in [2.24, 2.45) is 0 Å². The summed E-state index contributed by atoms with van der Waals surface area (Å²) in [6.07, 6.45) is 1.77. The van der Waals surface area contributed by atoms with Crippen LogP contribution in [-0.2, 0) is 17.9 Å². The van der Waals surface area contributed by atoms with Crippen LogP contribution in [0.1, 0.15) is 5.56 Å². The lowest BCUT2D eigenvalue weighted by molar-refractivity contribution is -0.113. The summed E-state index contributed by atoms with van der Waals surface area (Å²) in [6, 6.07) is 24.9. The van der Waals surface area contributed by atoms with E-state index in [1.165, 1.54) is 11.8 Å². The van der Waals surface area contributed by atoms with Crippen molar-refractivity contribution in [3.05, 3.63) is 97.1 Å². The second kappa shape index (κ2) is 11.9. The van der Waals surface area contributed by atoms with Crippen molar-refractivity contribution in [2.45, 2.75) is 18.3 Å². The van der Waals surface area contributed by atoms with Crippen molar-refractivity contribution in [1.82, 2.24) is 14.8 Å². The Morgan fingerprint density at radius 2 is 1.77 bits per heavy atom. The maximum Gasteiger partial charge on any atom is 0.234 e. The third kappa shape index (κ3) is 6.30. The van der Waals surface area contributed by atoms with Crippen LogP contribution >= 0.6 is 11.8 Å². The maximum atomic E-state index is 12.6. The molecule has 0 unspecified atom stereocenters. The Kier molecular flexibility index (Phi) is 8.19. The fourth-order valence-corrected chi connectivity index (χ4v) is 4.17. The summed E-state index contributed by atoms with van der Waals surface area (Å²) in [4.78, 5) is 12.6. The molecule has 0 spiro atoms. The van der Waals surface area contributed by atoms with E-state index < -0.39 is 0 Å². The summed E-state index contributed by atoms with van der Waals surface area (Å²) in [5.74, 6) is 2.16. The number of benzene rings is 3. The zero-order valence-electron chi connectivity index (χ0n) is 19.4. The third-order valence-corrected chi connectivity index (χ3v) is 6.06. The number of nitrogens with one attached hydrogen (secondary N) is 1. The molecule has 178 valence electrons. The highest BCUT2D eigenvalue weighted by molar-refractivity contribution is 7.99. The Balaban J connectivity index is 1.35. The van der Waals surface area contributed by atoms with Gasteiger partial charge in [0, 0.05) is 12.2 Å². The molecule has 0 atom stereocenters. The van der Waals surface area contributed by atoms with Crippen LogP contribution in [0.25, 0.3) is 11.4 Å². The van der Waals surface area contributed by atoms with Crippen LogP contribution in [0.15, 0.2) is 96.7 Å². The van der Waals surface area contributed by atoms with Gasteiger partial charge in [-0.1, -0.05) is 60.3 Å². The second-order valence-electron chi connectivity index (χ2n) is 7.54. The predicted octanol–water partition coefficient (Wildman–Crippen LogP) is 5.45. The Morgan fingerprint density at radius 3 is 2.51 bits per heavy atom. The Labute approximate surface area is 208 Å². The minimum Gasteiger partial charge on any atom is -0.496 e. The van der Waals surface area contributed by atoms with Gasteiger partial charge in [0.1, 0.15) is 18.1 Å². The van der Waals surface area contributed by atoms with Crippen molar-refractivity contribution in [2.75, 3.05) is 18.2 Å². The number of amides is 1.